The number of likely N-dealkylation sites (tertiary alicyclic amines) is 1. The number of carbonyl (C=O) groups excluding carboxylic acids is 1. The third-order valence-corrected chi connectivity index (χ3v) is 3.47. The lowest BCUT2D eigenvalue weighted by molar-refractivity contribution is -0.128. The van der Waals surface area contributed by atoms with Crippen LogP contribution in [0.1, 0.15) is 25.8 Å². The fraction of sp³-hybridized carbons (Fsp3) is 0.438. The van der Waals surface area contributed by atoms with Crippen molar-refractivity contribution in [2.75, 3.05) is 13.1 Å². The van der Waals surface area contributed by atoms with Crippen LogP contribution in [0.5, 0.6) is 0 Å². The fourth-order valence-corrected chi connectivity index (χ4v) is 2.69. The summed E-state index contributed by atoms with van der Waals surface area (Å²) in [4.78, 5) is 14.0. The van der Waals surface area contributed by atoms with Crippen LogP contribution in [0.3, 0.4) is 0 Å². The molecule has 2 rings (SSSR count). The van der Waals surface area contributed by atoms with Crippen LogP contribution in [0, 0.1) is 17.7 Å². The maximum Gasteiger partial charge on any atom is 0.246 e. The van der Waals surface area contributed by atoms with E-state index < -0.39 is 0 Å². The molecule has 3 heteroatoms. The van der Waals surface area contributed by atoms with Crippen molar-refractivity contribution in [1.82, 2.24) is 4.90 Å². The molecule has 19 heavy (non-hydrogen) atoms. The minimum absolute atomic E-state index is 0.0442. The van der Waals surface area contributed by atoms with Gasteiger partial charge in [-0.1, -0.05) is 26.0 Å². The minimum atomic E-state index is -0.262. The second-order valence-electron chi connectivity index (χ2n) is 5.57. The van der Waals surface area contributed by atoms with Gasteiger partial charge in [-0.25, -0.2) is 4.39 Å². The van der Waals surface area contributed by atoms with Crippen LogP contribution in [0.2, 0.25) is 0 Å². The lowest BCUT2D eigenvalue weighted by atomic mass is 9.92. The van der Waals surface area contributed by atoms with Crippen LogP contribution in [0.4, 0.5) is 4.39 Å². The number of benzene rings is 1. The first-order valence-corrected chi connectivity index (χ1v) is 6.77. The zero-order chi connectivity index (χ0) is 13.8. The summed E-state index contributed by atoms with van der Waals surface area (Å²) in [7, 11) is 0. The summed E-state index contributed by atoms with van der Waals surface area (Å²) in [6.45, 7) is 6.02. The molecule has 0 aromatic heterocycles. The molecular formula is C16H20FNO. The lowest BCUT2D eigenvalue weighted by Crippen LogP contribution is -2.41. The van der Waals surface area contributed by atoms with Gasteiger partial charge in [-0.15, -0.1) is 0 Å². The molecule has 0 N–H and O–H groups in total. The van der Waals surface area contributed by atoms with Gasteiger partial charge in [-0.05, 0) is 42.0 Å². The highest BCUT2D eigenvalue weighted by Gasteiger charge is 2.23. The Balaban J connectivity index is 1.98. The SMILES string of the molecule is C[C@@H]1C[C@H](C)CN(C(=O)/C=C\c2ccc(F)cc2)C1. The summed E-state index contributed by atoms with van der Waals surface area (Å²) < 4.78 is 12.8. The number of piperidine rings is 1. The molecule has 0 spiro atoms. The Hall–Kier alpha value is -1.64. The summed E-state index contributed by atoms with van der Waals surface area (Å²) in [5, 5.41) is 0. The van der Waals surface area contributed by atoms with Gasteiger partial charge in [-0.3, -0.25) is 4.79 Å². The predicted octanol–water partition coefficient (Wildman–Crippen LogP) is 3.34. The van der Waals surface area contributed by atoms with Gasteiger partial charge in [0, 0.05) is 19.2 Å². The largest absolute Gasteiger partial charge is 0.339 e. The number of amides is 1. The maximum absolute atomic E-state index is 12.8. The first kappa shape index (κ1) is 13.8. The lowest BCUT2D eigenvalue weighted by Gasteiger charge is -2.34. The molecule has 0 aliphatic carbocycles. The van der Waals surface area contributed by atoms with Gasteiger partial charge >= 0.3 is 0 Å². The van der Waals surface area contributed by atoms with Gasteiger partial charge in [-0.2, -0.15) is 0 Å². The van der Waals surface area contributed by atoms with Crippen LogP contribution in [0.15, 0.2) is 30.3 Å². The van der Waals surface area contributed by atoms with Crippen molar-refractivity contribution >= 4 is 12.0 Å². The average Bonchev–Trinajstić information content (AvgIpc) is 2.36. The molecule has 1 heterocycles. The molecule has 1 aliphatic rings. The summed E-state index contributed by atoms with van der Waals surface area (Å²) in [6, 6.07) is 6.13. The van der Waals surface area contributed by atoms with Crippen LogP contribution >= 0.6 is 0 Å². The van der Waals surface area contributed by atoms with Gasteiger partial charge in [0.25, 0.3) is 0 Å². The fourth-order valence-electron chi connectivity index (χ4n) is 2.69. The van der Waals surface area contributed by atoms with E-state index in [1.54, 1.807) is 24.3 Å². The van der Waals surface area contributed by atoms with Crippen molar-refractivity contribution in [3.8, 4) is 0 Å². The minimum Gasteiger partial charge on any atom is -0.339 e. The van der Waals surface area contributed by atoms with Gasteiger partial charge in [0.05, 0.1) is 0 Å². The van der Waals surface area contributed by atoms with Gasteiger partial charge < -0.3 is 4.90 Å². The van der Waals surface area contributed by atoms with E-state index in [0.29, 0.717) is 11.8 Å². The van der Waals surface area contributed by atoms with Crippen molar-refractivity contribution in [3.05, 3.63) is 41.7 Å². The predicted molar refractivity (Wildman–Crippen MR) is 75.0 cm³/mol. The van der Waals surface area contributed by atoms with Crippen molar-refractivity contribution in [2.24, 2.45) is 11.8 Å². The Labute approximate surface area is 113 Å². The second-order valence-corrected chi connectivity index (χ2v) is 5.57. The van der Waals surface area contributed by atoms with Crippen LogP contribution < -0.4 is 0 Å². The molecule has 0 bridgehead atoms. The zero-order valence-electron chi connectivity index (χ0n) is 11.5. The average molecular weight is 261 g/mol. The van der Waals surface area contributed by atoms with E-state index in [2.05, 4.69) is 13.8 Å². The Morgan fingerprint density at radius 2 is 1.79 bits per heavy atom. The highest BCUT2D eigenvalue weighted by Crippen LogP contribution is 2.21. The first-order chi connectivity index (χ1) is 9.04. The molecule has 1 aromatic rings. The molecule has 2 atom stereocenters. The van der Waals surface area contributed by atoms with Crippen molar-refractivity contribution < 1.29 is 9.18 Å². The molecule has 0 radical (unpaired) electrons. The topological polar surface area (TPSA) is 20.3 Å². The van der Waals surface area contributed by atoms with Crippen molar-refractivity contribution in [1.29, 1.82) is 0 Å². The third kappa shape index (κ3) is 3.91. The highest BCUT2D eigenvalue weighted by atomic mass is 19.1. The van der Waals surface area contributed by atoms with E-state index >= 15 is 0 Å². The Kier molecular flexibility index (Phi) is 4.35. The van der Waals surface area contributed by atoms with Crippen LogP contribution in [-0.2, 0) is 4.79 Å². The highest BCUT2D eigenvalue weighted by molar-refractivity contribution is 5.91. The standard InChI is InChI=1S/C16H20FNO/c1-12-9-13(2)11-18(10-12)16(19)8-5-14-3-6-15(17)7-4-14/h3-8,12-13H,9-11H2,1-2H3/b8-5-/t12-,13+. The molecule has 102 valence electrons. The summed E-state index contributed by atoms with van der Waals surface area (Å²) in [5.41, 5.74) is 0.841. The number of hydrogen-bond donors (Lipinski definition) is 0. The van der Waals surface area contributed by atoms with Gasteiger partial charge in [0.2, 0.25) is 5.91 Å². The molecule has 1 saturated heterocycles. The quantitative estimate of drug-likeness (QED) is 0.748. The molecule has 1 aliphatic heterocycles. The summed E-state index contributed by atoms with van der Waals surface area (Å²) in [5.74, 6) is 0.906. The van der Waals surface area contributed by atoms with E-state index in [-0.39, 0.29) is 11.7 Å². The summed E-state index contributed by atoms with van der Waals surface area (Å²) >= 11 is 0. The molecule has 0 saturated carbocycles. The molecule has 0 unspecified atom stereocenters. The monoisotopic (exact) mass is 261 g/mol. The number of halogens is 1. The van der Waals surface area contributed by atoms with E-state index in [9.17, 15) is 9.18 Å². The van der Waals surface area contributed by atoms with Gasteiger partial charge in [0.15, 0.2) is 0 Å². The maximum atomic E-state index is 12.8. The van der Waals surface area contributed by atoms with Crippen molar-refractivity contribution in [2.45, 2.75) is 20.3 Å². The van der Waals surface area contributed by atoms with E-state index in [1.807, 2.05) is 4.90 Å². The van der Waals surface area contributed by atoms with Crippen LogP contribution in [0.25, 0.3) is 6.08 Å². The Bertz CT molecular complexity index is 456. The zero-order valence-corrected chi connectivity index (χ0v) is 11.5. The summed E-state index contributed by atoms with van der Waals surface area (Å²) in [6.07, 6.45) is 4.51. The number of hydrogen-bond acceptors (Lipinski definition) is 1. The first-order valence-electron chi connectivity index (χ1n) is 6.77. The normalized spacial score (nSPS) is 23.8. The molecule has 2 nitrogen and oxygen atoms in total. The molecule has 1 aromatic carbocycles. The Morgan fingerprint density at radius 1 is 1.21 bits per heavy atom. The number of rotatable bonds is 2. The van der Waals surface area contributed by atoms with Crippen molar-refractivity contribution in [3.63, 3.8) is 0 Å². The van der Waals surface area contributed by atoms with E-state index in [4.69, 9.17) is 0 Å². The van der Waals surface area contributed by atoms with E-state index in [0.717, 1.165) is 18.7 Å². The number of carbonyl (C=O) groups is 1. The van der Waals surface area contributed by atoms with Crippen LogP contribution in [-0.4, -0.2) is 23.9 Å². The molecule has 1 amide bonds. The van der Waals surface area contributed by atoms with Gasteiger partial charge in [0.1, 0.15) is 5.82 Å². The second kappa shape index (κ2) is 6.00. The molecule has 1 fully saturated rings. The third-order valence-electron chi connectivity index (χ3n) is 3.47. The number of nitrogens with zero attached hydrogens (tertiary/aromatic N) is 1. The smallest absolute Gasteiger partial charge is 0.246 e. The Morgan fingerprint density at radius 3 is 2.37 bits per heavy atom. The molecular weight excluding hydrogens is 241 g/mol. The van der Waals surface area contributed by atoms with E-state index in [1.165, 1.54) is 18.6 Å².